The molecule has 104 valence electrons. The van der Waals surface area contributed by atoms with Gasteiger partial charge < -0.3 is 5.73 Å². The van der Waals surface area contributed by atoms with Crippen LogP contribution in [0.5, 0.6) is 0 Å². The first-order valence-corrected chi connectivity index (χ1v) is 7.09. The highest BCUT2D eigenvalue weighted by Crippen LogP contribution is 2.30. The highest BCUT2D eigenvalue weighted by molar-refractivity contribution is 7.80. The minimum atomic E-state index is -0.337. The second-order valence-corrected chi connectivity index (χ2v) is 6.56. The van der Waals surface area contributed by atoms with Crippen LogP contribution in [-0.2, 0) is 6.54 Å². The van der Waals surface area contributed by atoms with Gasteiger partial charge in [-0.3, -0.25) is 4.90 Å². The largest absolute Gasteiger partial charge is 0.389 e. The van der Waals surface area contributed by atoms with Gasteiger partial charge in [0.2, 0.25) is 0 Å². The Balaban J connectivity index is 2.04. The van der Waals surface area contributed by atoms with Gasteiger partial charge in [0.25, 0.3) is 0 Å². The highest BCUT2D eigenvalue weighted by atomic mass is 32.1. The fourth-order valence-electron chi connectivity index (χ4n) is 2.43. The number of benzene rings is 1. The Bertz CT molecular complexity index is 475. The molecular formula is C15H21FN2S. The van der Waals surface area contributed by atoms with E-state index in [1.807, 2.05) is 6.07 Å². The van der Waals surface area contributed by atoms with Crippen LogP contribution in [0.1, 0.15) is 37.8 Å². The van der Waals surface area contributed by atoms with Gasteiger partial charge >= 0.3 is 0 Å². The summed E-state index contributed by atoms with van der Waals surface area (Å²) in [6.45, 7) is 7.64. The van der Waals surface area contributed by atoms with Crippen molar-refractivity contribution >= 4 is 17.2 Å². The molecule has 1 aromatic carbocycles. The van der Waals surface area contributed by atoms with E-state index >= 15 is 0 Å². The van der Waals surface area contributed by atoms with Crippen molar-refractivity contribution in [2.24, 2.45) is 11.1 Å². The van der Waals surface area contributed by atoms with E-state index in [4.69, 9.17) is 18.0 Å². The second kappa shape index (κ2) is 5.55. The molecule has 1 heterocycles. The predicted octanol–water partition coefficient (Wildman–Crippen LogP) is 3.08. The van der Waals surface area contributed by atoms with Crippen LogP contribution in [0.25, 0.3) is 0 Å². The Labute approximate surface area is 119 Å². The van der Waals surface area contributed by atoms with Crippen LogP contribution in [0.4, 0.5) is 4.39 Å². The molecule has 0 aromatic heterocycles. The zero-order valence-electron chi connectivity index (χ0n) is 11.6. The number of nitrogens with zero attached hydrogens (tertiary/aromatic N) is 1. The van der Waals surface area contributed by atoms with Crippen LogP contribution in [-0.4, -0.2) is 23.0 Å². The molecular weight excluding hydrogens is 259 g/mol. The van der Waals surface area contributed by atoms with Crippen LogP contribution in [0.2, 0.25) is 0 Å². The minimum Gasteiger partial charge on any atom is -0.389 e. The maximum Gasteiger partial charge on any atom is 0.133 e. The van der Waals surface area contributed by atoms with Gasteiger partial charge in [-0.1, -0.05) is 32.1 Å². The molecule has 0 aliphatic carbocycles. The van der Waals surface area contributed by atoms with Crippen LogP contribution in [0.3, 0.4) is 0 Å². The van der Waals surface area contributed by atoms with Crippen LogP contribution in [0.15, 0.2) is 18.2 Å². The van der Waals surface area contributed by atoms with E-state index in [9.17, 15) is 4.39 Å². The molecule has 1 aliphatic heterocycles. The van der Waals surface area contributed by atoms with E-state index in [0.29, 0.717) is 11.0 Å². The summed E-state index contributed by atoms with van der Waals surface area (Å²) in [7, 11) is 0. The molecule has 0 bridgehead atoms. The summed E-state index contributed by atoms with van der Waals surface area (Å²) in [5, 5.41) is 0. The molecule has 1 aliphatic rings. The van der Waals surface area contributed by atoms with E-state index < -0.39 is 0 Å². The number of nitrogens with two attached hydrogens (primary N) is 1. The molecule has 2 N–H and O–H groups in total. The lowest BCUT2D eigenvalue weighted by Crippen LogP contribution is -2.36. The van der Waals surface area contributed by atoms with Crippen molar-refractivity contribution in [3.8, 4) is 0 Å². The van der Waals surface area contributed by atoms with Gasteiger partial charge in [-0.2, -0.15) is 0 Å². The standard InChI is InChI=1S/C15H21FN2S/c1-15(2)5-7-18(8-6-15)10-11-3-4-13(16)12(9-11)14(17)19/h3-4,9H,5-8,10H2,1-2H3,(H2,17,19). The van der Waals surface area contributed by atoms with Gasteiger partial charge in [0.15, 0.2) is 0 Å². The number of hydrogen-bond donors (Lipinski definition) is 1. The van der Waals surface area contributed by atoms with Gasteiger partial charge in [-0.05, 0) is 49.0 Å². The van der Waals surface area contributed by atoms with E-state index in [-0.39, 0.29) is 10.8 Å². The Morgan fingerprint density at radius 2 is 2.00 bits per heavy atom. The molecule has 1 fully saturated rings. The van der Waals surface area contributed by atoms with Gasteiger partial charge in [-0.15, -0.1) is 0 Å². The normalized spacial score (nSPS) is 19.3. The SMILES string of the molecule is CC1(C)CCN(Cc2ccc(F)c(C(N)=S)c2)CC1. The Kier molecular flexibility index (Phi) is 4.21. The lowest BCUT2D eigenvalue weighted by atomic mass is 9.82. The Morgan fingerprint density at radius 1 is 1.37 bits per heavy atom. The van der Waals surface area contributed by atoms with Crippen molar-refractivity contribution in [1.82, 2.24) is 4.90 Å². The van der Waals surface area contributed by atoms with Crippen molar-refractivity contribution in [1.29, 1.82) is 0 Å². The summed E-state index contributed by atoms with van der Waals surface area (Å²) in [6, 6.07) is 5.05. The third-order valence-electron chi connectivity index (χ3n) is 3.91. The number of halogens is 1. The molecule has 0 amide bonds. The second-order valence-electron chi connectivity index (χ2n) is 6.12. The smallest absolute Gasteiger partial charge is 0.133 e. The summed E-state index contributed by atoms with van der Waals surface area (Å²) in [5.74, 6) is -0.337. The lowest BCUT2D eigenvalue weighted by Gasteiger charge is -2.37. The number of likely N-dealkylation sites (tertiary alicyclic amines) is 1. The number of rotatable bonds is 3. The van der Waals surface area contributed by atoms with Crippen molar-refractivity contribution in [2.75, 3.05) is 13.1 Å². The number of piperidine rings is 1. The average Bonchev–Trinajstić information content (AvgIpc) is 2.34. The third kappa shape index (κ3) is 3.74. The first-order valence-electron chi connectivity index (χ1n) is 6.68. The number of hydrogen-bond acceptors (Lipinski definition) is 2. The van der Waals surface area contributed by atoms with E-state index in [2.05, 4.69) is 18.7 Å². The molecule has 0 unspecified atom stereocenters. The van der Waals surface area contributed by atoms with Crippen molar-refractivity contribution in [3.05, 3.63) is 35.1 Å². The highest BCUT2D eigenvalue weighted by Gasteiger charge is 2.25. The topological polar surface area (TPSA) is 29.3 Å². The van der Waals surface area contributed by atoms with Crippen LogP contribution >= 0.6 is 12.2 Å². The maximum absolute atomic E-state index is 13.5. The molecule has 2 rings (SSSR count). The monoisotopic (exact) mass is 280 g/mol. The van der Waals surface area contributed by atoms with E-state index in [1.165, 1.54) is 18.9 Å². The van der Waals surface area contributed by atoms with E-state index in [0.717, 1.165) is 25.2 Å². The van der Waals surface area contributed by atoms with E-state index in [1.54, 1.807) is 6.07 Å². The predicted molar refractivity (Wildman–Crippen MR) is 80.6 cm³/mol. The summed E-state index contributed by atoms with van der Waals surface area (Å²) >= 11 is 4.87. The molecule has 19 heavy (non-hydrogen) atoms. The molecule has 0 atom stereocenters. The fourth-order valence-corrected chi connectivity index (χ4v) is 2.59. The summed E-state index contributed by atoms with van der Waals surface area (Å²) in [6.07, 6.45) is 2.41. The van der Waals surface area contributed by atoms with Gasteiger partial charge in [0.1, 0.15) is 10.8 Å². The first-order chi connectivity index (χ1) is 8.87. The molecule has 0 saturated carbocycles. The summed E-state index contributed by atoms with van der Waals surface area (Å²) < 4.78 is 13.5. The maximum atomic E-state index is 13.5. The molecule has 2 nitrogen and oxygen atoms in total. The van der Waals surface area contributed by atoms with Crippen molar-refractivity contribution in [3.63, 3.8) is 0 Å². The lowest BCUT2D eigenvalue weighted by molar-refractivity contribution is 0.127. The fraction of sp³-hybridized carbons (Fsp3) is 0.533. The number of thiocarbonyl (C=S) groups is 1. The van der Waals surface area contributed by atoms with Crippen LogP contribution < -0.4 is 5.73 Å². The van der Waals surface area contributed by atoms with Gasteiger partial charge in [-0.25, -0.2) is 4.39 Å². The quantitative estimate of drug-likeness (QED) is 0.863. The molecule has 0 spiro atoms. The van der Waals surface area contributed by atoms with Crippen molar-refractivity contribution in [2.45, 2.75) is 33.2 Å². The zero-order chi connectivity index (χ0) is 14.0. The molecule has 0 radical (unpaired) electrons. The third-order valence-corrected chi connectivity index (χ3v) is 4.13. The zero-order valence-corrected chi connectivity index (χ0v) is 12.4. The molecule has 1 aromatic rings. The van der Waals surface area contributed by atoms with Gasteiger partial charge in [0, 0.05) is 12.1 Å². The summed E-state index contributed by atoms with van der Waals surface area (Å²) in [5.41, 5.74) is 7.40. The molecule has 1 saturated heterocycles. The van der Waals surface area contributed by atoms with Gasteiger partial charge in [0.05, 0.1) is 0 Å². The van der Waals surface area contributed by atoms with Crippen molar-refractivity contribution < 1.29 is 4.39 Å². The molecule has 4 heteroatoms. The van der Waals surface area contributed by atoms with Crippen LogP contribution in [0, 0.1) is 11.2 Å². The summed E-state index contributed by atoms with van der Waals surface area (Å²) in [4.78, 5) is 2.53. The first kappa shape index (κ1) is 14.4. The minimum absolute atomic E-state index is 0.124. The Morgan fingerprint density at radius 3 is 2.58 bits per heavy atom. The average molecular weight is 280 g/mol. The Hall–Kier alpha value is -1.00.